The summed E-state index contributed by atoms with van der Waals surface area (Å²) in [6, 6.07) is 27.0. The number of aromatic nitrogens is 3. The molecule has 3 aromatic heterocycles. The summed E-state index contributed by atoms with van der Waals surface area (Å²) in [4.78, 5) is 63.0. The van der Waals surface area contributed by atoms with E-state index in [2.05, 4.69) is 32.9 Å². The van der Waals surface area contributed by atoms with Crippen LogP contribution in [0.4, 0.5) is 0 Å². The van der Waals surface area contributed by atoms with E-state index >= 15 is 0 Å². The van der Waals surface area contributed by atoms with Crippen molar-refractivity contribution in [3.8, 4) is 27.3 Å². The van der Waals surface area contributed by atoms with Crippen LogP contribution in [0.15, 0.2) is 95.0 Å². The van der Waals surface area contributed by atoms with Crippen LogP contribution in [-0.4, -0.2) is 112 Å². The Morgan fingerprint density at radius 2 is 1.64 bits per heavy atom. The van der Waals surface area contributed by atoms with E-state index < -0.39 is 29.4 Å². The molecular formula is C56H64N6O9S. The van der Waals surface area contributed by atoms with Crippen molar-refractivity contribution in [3.05, 3.63) is 124 Å². The summed E-state index contributed by atoms with van der Waals surface area (Å²) in [6.45, 7) is 13.4. The number of nitrogens with zero attached hydrogens (tertiary/aromatic N) is 5. The Bertz CT molecular complexity index is 3040. The van der Waals surface area contributed by atoms with Crippen molar-refractivity contribution in [1.82, 2.24) is 24.5 Å². The largest absolute Gasteiger partial charge is 0.491 e. The number of hydrogen-bond acceptors (Lipinski definition) is 12. The molecule has 0 aliphatic carbocycles. The third-order valence-electron chi connectivity index (χ3n) is 13.4. The third-order valence-corrected chi connectivity index (χ3v) is 14.4. The highest BCUT2D eigenvalue weighted by Gasteiger charge is 2.45. The SMILES string of the molecule is Cc1ncsc1-c1ccc(CN(C)C(=O)[C@@H]2C[C@@H](O)CN2C(=O)[C@@H](CC(=O)COCCCOCCOc2ccc3c(c2)c2c(C(N)=O)cc(-c4c(C)noc4C)cc2n3Cc2ccccc2)C(C)(C)C)cc1. The van der Waals surface area contributed by atoms with Crippen LogP contribution in [0.3, 0.4) is 0 Å². The minimum absolute atomic E-state index is 0.0222. The number of aryl methyl sites for hydroxylation is 3. The van der Waals surface area contributed by atoms with Gasteiger partial charge in [-0.1, -0.05) is 80.5 Å². The molecule has 1 fully saturated rings. The second-order valence-corrected chi connectivity index (χ2v) is 20.7. The quantitative estimate of drug-likeness (QED) is 0.0655. The number of likely N-dealkylation sites (tertiary alicyclic amines) is 1. The first-order chi connectivity index (χ1) is 34.5. The Labute approximate surface area is 423 Å². The predicted octanol–water partition coefficient (Wildman–Crippen LogP) is 8.69. The first kappa shape index (κ1) is 51.6. The number of fused-ring (bicyclic) bond motifs is 3. The third kappa shape index (κ3) is 11.6. The van der Waals surface area contributed by atoms with Gasteiger partial charge in [0, 0.05) is 86.1 Å². The number of benzene rings is 4. The van der Waals surface area contributed by atoms with Crippen LogP contribution < -0.4 is 10.5 Å². The fourth-order valence-electron chi connectivity index (χ4n) is 9.72. The number of rotatable bonds is 21. The zero-order valence-electron chi connectivity index (χ0n) is 42.1. The van der Waals surface area contributed by atoms with Crippen LogP contribution >= 0.6 is 11.3 Å². The average Bonchev–Trinajstić information content (AvgIpc) is 4.13. The van der Waals surface area contributed by atoms with Gasteiger partial charge in [-0.25, -0.2) is 4.98 Å². The van der Waals surface area contributed by atoms with Gasteiger partial charge >= 0.3 is 0 Å². The maximum absolute atomic E-state index is 14.2. The lowest BCUT2D eigenvalue weighted by Gasteiger charge is -2.35. The maximum Gasteiger partial charge on any atom is 0.249 e. The first-order valence-corrected chi connectivity index (χ1v) is 25.3. The van der Waals surface area contributed by atoms with E-state index in [1.165, 1.54) is 4.90 Å². The van der Waals surface area contributed by atoms with Gasteiger partial charge in [0.2, 0.25) is 17.7 Å². The van der Waals surface area contributed by atoms with Gasteiger partial charge in [0.25, 0.3) is 0 Å². The summed E-state index contributed by atoms with van der Waals surface area (Å²) < 4.78 is 25.4. The average molecular weight is 997 g/mol. The lowest BCUT2D eigenvalue weighted by molar-refractivity contribution is -0.149. The number of carbonyl (C=O) groups is 4. The van der Waals surface area contributed by atoms with Gasteiger partial charge in [0.15, 0.2) is 5.78 Å². The normalized spacial score (nSPS) is 15.4. The van der Waals surface area contributed by atoms with Crippen LogP contribution in [0, 0.1) is 32.1 Å². The van der Waals surface area contributed by atoms with Crippen molar-refractivity contribution in [2.75, 3.05) is 46.6 Å². The maximum atomic E-state index is 14.2. The van der Waals surface area contributed by atoms with Crippen molar-refractivity contribution in [2.45, 2.75) is 86.0 Å². The second kappa shape index (κ2) is 22.4. The molecule has 7 aromatic rings. The highest BCUT2D eigenvalue weighted by Crippen LogP contribution is 2.39. The van der Waals surface area contributed by atoms with Crippen molar-refractivity contribution in [2.24, 2.45) is 17.1 Å². The monoisotopic (exact) mass is 996 g/mol. The van der Waals surface area contributed by atoms with Gasteiger partial charge < -0.3 is 43.9 Å². The second-order valence-electron chi connectivity index (χ2n) is 19.8. The first-order valence-electron chi connectivity index (χ1n) is 24.4. The summed E-state index contributed by atoms with van der Waals surface area (Å²) >= 11 is 1.58. The van der Waals surface area contributed by atoms with E-state index in [9.17, 15) is 24.3 Å². The Hall–Kier alpha value is -6.72. The van der Waals surface area contributed by atoms with Crippen LogP contribution in [0.1, 0.15) is 78.7 Å². The Kier molecular flexibility index (Phi) is 16.0. The number of carbonyl (C=O) groups excluding carboxylic acids is 4. The molecule has 0 spiro atoms. The molecule has 4 aromatic carbocycles. The number of hydrogen-bond donors (Lipinski definition) is 2. The number of β-amino-alcohol motifs (C(OH)–C–C–N with tert-alkyl or cyclic N) is 1. The fourth-order valence-corrected chi connectivity index (χ4v) is 10.5. The van der Waals surface area contributed by atoms with E-state index in [4.69, 9.17) is 24.5 Å². The number of Topliss-reactive ketones (excluding diaryl/α,β-unsaturated/α-hetero) is 1. The minimum atomic E-state index is -0.852. The number of aliphatic hydroxyl groups excluding tert-OH is 1. The molecule has 0 bridgehead atoms. The lowest BCUT2D eigenvalue weighted by Crippen LogP contribution is -2.50. The van der Waals surface area contributed by atoms with E-state index in [-0.39, 0.29) is 56.8 Å². The number of aliphatic hydroxyl groups is 1. The van der Waals surface area contributed by atoms with Crippen LogP contribution in [0.25, 0.3) is 43.4 Å². The van der Waals surface area contributed by atoms with E-state index in [1.807, 2.05) is 114 Å². The van der Waals surface area contributed by atoms with Crippen molar-refractivity contribution in [3.63, 3.8) is 0 Å². The summed E-state index contributed by atoms with van der Waals surface area (Å²) in [6.07, 6.45) is -0.247. The molecule has 0 unspecified atom stereocenters. The Balaban J connectivity index is 0.815. The summed E-state index contributed by atoms with van der Waals surface area (Å²) in [7, 11) is 1.70. The van der Waals surface area contributed by atoms with Gasteiger partial charge in [0.1, 0.15) is 30.8 Å². The van der Waals surface area contributed by atoms with Crippen LogP contribution in [-0.2, 0) is 36.9 Å². The zero-order chi connectivity index (χ0) is 51.3. The van der Waals surface area contributed by atoms with Crippen molar-refractivity contribution >= 4 is 56.6 Å². The number of primary amides is 1. The molecule has 3 atom stereocenters. The highest BCUT2D eigenvalue weighted by atomic mass is 32.1. The number of ether oxygens (including phenoxy) is 3. The molecule has 15 nitrogen and oxygen atoms in total. The number of nitrogens with two attached hydrogens (primary N) is 1. The number of likely N-dealkylation sites (N-methyl/N-ethyl adjacent to an activating group) is 1. The summed E-state index contributed by atoms with van der Waals surface area (Å²) in [5.74, 6) is -0.825. The molecule has 3 N–H and O–H groups in total. The van der Waals surface area contributed by atoms with E-state index in [1.54, 1.807) is 23.3 Å². The van der Waals surface area contributed by atoms with Gasteiger partial charge in [0.05, 0.1) is 40.0 Å². The summed E-state index contributed by atoms with van der Waals surface area (Å²) in [5, 5.41) is 16.4. The number of amides is 3. The smallest absolute Gasteiger partial charge is 0.249 e. The molecule has 4 heterocycles. The van der Waals surface area contributed by atoms with Crippen LogP contribution in [0.2, 0.25) is 0 Å². The Morgan fingerprint density at radius 3 is 2.32 bits per heavy atom. The van der Waals surface area contributed by atoms with Gasteiger partial charge in [-0.2, -0.15) is 0 Å². The number of ketones is 1. The fraction of sp³-hybridized carbons (Fsp3) is 0.393. The molecular weight excluding hydrogens is 933 g/mol. The summed E-state index contributed by atoms with van der Waals surface area (Å²) in [5.41, 5.74) is 15.8. The lowest BCUT2D eigenvalue weighted by atomic mass is 9.77. The molecule has 1 saturated heterocycles. The van der Waals surface area contributed by atoms with Gasteiger partial charge in [-0.3, -0.25) is 19.2 Å². The number of thiazole rings is 1. The van der Waals surface area contributed by atoms with E-state index in [0.717, 1.165) is 65.9 Å². The molecule has 0 saturated carbocycles. The van der Waals surface area contributed by atoms with Crippen molar-refractivity contribution < 1.29 is 43.0 Å². The predicted molar refractivity (Wildman–Crippen MR) is 278 cm³/mol. The van der Waals surface area contributed by atoms with E-state index in [0.29, 0.717) is 49.8 Å². The zero-order valence-corrected chi connectivity index (χ0v) is 42.9. The van der Waals surface area contributed by atoms with Crippen LogP contribution in [0.5, 0.6) is 5.75 Å². The topological polar surface area (TPSA) is 193 Å². The highest BCUT2D eigenvalue weighted by molar-refractivity contribution is 7.13. The molecule has 1 aliphatic rings. The molecule has 8 rings (SSSR count). The van der Waals surface area contributed by atoms with Gasteiger partial charge in [-0.05, 0) is 85.2 Å². The molecule has 3 amide bonds. The minimum Gasteiger partial charge on any atom is -0.491 e. The van der Waals surface area contributed by atoms with Crippen molar-refractivity contribution in [1.29, 1.82) is 0 Å². The molecule has 1 aliphatic heterocycles. The molecule has 16 heteroatoms. The molecule has 378 valence electrons. The molecule has 0 radical (unpaired) electrons. The standard InChI is InChI=1S/C56H64N6O9S/c1-34-50(36(3)71-59-34)40-24-45(53(57)65)51-44-28-43(18-19-47(44)61(48(51)25-40)30-37-12-9-8-10-13-37)70-23-22-68-20-11-21-69-32-42(64)26-46(56(4,5)6)54(66)62-31-41(63)27-49(62)55(67)60(7)29-38-14-16-39(17-15-38)52-35(2)58-33-72-52/h8-10,12-19,24-25,28,33,41,46,49,63H,11,20-23,26-27,29-32H2,1-7H3,(H2,57,65)/t41-,46-,49+/m1/s1. The Morgan fingerprint density at radius 1 is 0.889 bits per heavy atom. The van der Waals surface area contributed by atoms with Gasteiger partial charge in [-0.15, -0.1) is 11.3 Å². The molecule has 72 heavy (non-hydrogen) atoms.